The van der Waals surface area contributed by atoms with Crippen LogP contribution in [0.3, 0.4) is 0 Å². The van der Waals surface area contributed by atoms with E-state index in [1.54, 1.807) is 6.07 Å². The first kappa shape index (κ1) is 13.4. The van der Waals surface area contributed by atoms with Gasteiger partial charge in [-0.15, -0.1) is 0 Å². The number of nitrogens with two attached hydrogens (primary N) is 1. The Kier molecular flexibility index (Phi) is 4.02. The molecule has 1 amide bonds. The van der Waals surface area contributed by atoms with Crippen molar-refractivity contribution in [1.82, 2.24) is 4.98 Å². The number of anilines is 2. The van der Waals surface area contributed by atoms with Crippen LogP contribution in [0.15, 0.2) is 36.5 Å². The Morgan fingerprint density at radius 3 is 2.79 bits per heavy atom. The van der Waals surface area contributed by atoms with Crippen molar-refractivity contribution in [2.45, 2.75) is 13.3 Å². The first-order chi connectivity index (χ1) is 9.11. The summed E-state index contributed by atoms with van der Waals surface area (Å²) in [6.07, 6.45) is 2.26. The molecule has 19 heavy (non-hydrogen) atoms. The van der Waals surface area contributed by atoms with Crippen LogP contribution in [0.2, 0.25) is 5.15 Å². The van der Waals surface area contributed by atoms with Gasteiger partial charge in [0.05, 0.1) is 11.3 Å². The van der Waals surface area contributed by atoms with E-state index in [0.29, 0.717) is 16.4 Å². The minimum atomic E-state index is -0.541. The van der Waals surface area contributed by atoms with Gasteiger partial charge in [-0.2, -0.15) is 0 Å². The number of para-hydroxylation sites is 1. The van der Waals surface area contributed by atoms with Gasteiger partial charge in [-0.25, -0.2) is 4.98 Å². The number of nitrogens with zero attached hydrogens (tertiary/aromatic N) is 1. The lowest BCUT2D eigenvalue weighted by Crippen LogP contribution is -2.14. The Morgan fingerprint density at radius 2 is 2.11 bits per heavy atom. The lowest BCUT2D eigenvalue weighted by Gasteiger charge is -2.13. The van der Waals surface area contributed by atoms with Gasteiger partial charge in [-0.3, -0.25) is 4.79 Å². The smallest absolute Gasteiger partial charge is 0.252 e. The zero-order valence-electron chi connectivity index (χ0n) is 10.5. The Hall–Kier alpha value is -2.07. The van der Waals surface area contributed by atoms with E-state index in [0.717, 1.165) is 17.7 Å². The highest BCUT2D eigenvalue weighted by molar-refractivity contribution is 6.29. The molecule has 0 fully saturated rings. The number of rotatable bonds is 4. The number of hydrogen-bond donors (Lipinski definition) is 2. The normalized spacial score (nSPS) is 10.2. The molecular formula is C14H14ClN3O. The second-order valence-electron chi connectivity index (χ2n) is 4.05. The third-order valence-corrected chi connectivity index (χ3v) is 3.01. The number of hydrogen-bond acceptors (Lipinski definition) is 3. The summed E-state index contributed by atoms with van der Waals surface area (Å²) in [6.45, 7) is 2.06. The Labute approximate surface area is 116 Å². The predicted molar refractivity (Wildman–Crippen MR) is 76.9 cm³/mol. The van der Waals surface area contributed by atoms with Crippen LogP contribution in [-0.4, -0.2) is 10.9 Å². The number of aromatic nitrogens is 1. The van der Waals surface area contributed by atoms with E-state index < -0.39 is 5.91 Å². The van der Waals surface area contributed by atoms with Crippen molar-refractivity contribution >= 4 is 28.9 Å². The van der Waals surface area contributed by atoms with E-state index in [-0.39, 0.29) is 0 Å². The van der Waals surface area contributed by atoms with Crippen molar-refractivity contribution in [3.63, 3.8) is 0 Å². The molecular weight excluding hydrogens is 262 g/mol. The third-order valence-electron chi connectivity index (χ3n) is 2.80. The molecule has 0 atom stereocenters. The highest BCUT2D eigenvalue weighted by Gasteiger charge is 2.11. The maximum absolute atomic E-state index is 11.4. The maximum atomic E-state index is 11.4. The van der Waals surface area contributed by atoms with Gasteiger partial charge in [0, 0.05) is 11.9 Å². The molecule has 0 aliphatic carbocycles. The van der Waals surface area contributed by atoms with Gasteiger partial charge in [0.15, 0.2) is 0 Å². The fourth-order valence-corrected chi connectivity index (χ4v) is 1.98. The number of halogens is 1. The van der Waals surface area contributed by atoms with E-state index in [1.165, 1.54) is 6.20 Å². The summed E-state index contributed by atoms with van der Waals surface area (Å²) in [7, 11) is 0. The van der Waals surface area contributed by atoms with Crippen molar-refractivity contribution in [2.75, 3.05) is 5.32 Å². The molecule has 0 spiro atoms. The van der Waals surface area contributed by atoms with Gasteiger partial charge in [0.1, 0.15) is 5.15 Å². The molecule has 0 aliphatic heterocycles. The molecule has 5 heteroatoms. The largest absolute Gasteiger partial charge is 0.365 e. The minimum absolute atomic E-state index is 0.307. The summed E-state index contributed by atoms with van der Waals surface area (Å²) < 4.78 is 0. The summed E-state index contributed by atoms with van der Waals surface area (Å²) in [5.74, 6) is -0.541. The highest BCUT2D eigenvalue weighted by Crippen LogP contribution is 2.25. The fourth-order valence-electron chi connectivity index (χ4n) is 1.83. The second-order valence-corrected chi connectivity index (χ2v) is 4.44. The minimum Gasteiger partial charge on any atom is -0.365 e. The molecule has 2 rings (SSSR count). The van der Waals surface area contributed by atoms with E-state index >= 15 is 0 Å². The highest BCUT2D eigenvalue weighted by atomic mass is 35.5. The maximum Gasteiger partial charge on any atom is 0.252 e. The lowest BCUT2D eigenvalue weighted by molar-refractivity contribution is 0.100. The summed E-state index contributed by atoms with van der Waals surface area (Å²) in [5, 5.41) is 3.50. The Balaban J connectivity index is 2.42. The first-order valence-corrected chi connectivity index (χ1v) is 6.30. The zero-order chi connectivity index (χ0) is 13.8. The molecule has 1 aromatic carbocycles. The van der Waals surface area contributed by atoms with Crippen LogP contribution in [0.5, 0.6) is 0 Å². The van der Waals surface area contributed by atoms with Crippen LogP contribution < -0.4 is 11.1 Å². The number of pyridine rings is 1. The average molecular weight is 276 g/mol. The van der Waals surface area contributed by atoms with Crippen LogP contribution >= 0.6 is 11.6 Å². The average Bonchev–Trinajstić information content (AvgIpc) is 2.39. The summed E-state index contributed by atoms with van der Waals surface area (Å²) in [4.78, 5) is 15.2. The Bertz CT molecular complexity index is 613. The van der Waals surface area contributed by atoms with Crippen LogP contribution in [0.4, 0.5) is 11.4 Å². The Morgan fingerprint density at radius 1 is 1.37 bits per heavy atom. The molecule has 0 radical (unpaired) electrons. The molecule has 0 bridgehead atoms. The van der Waals surface area contributed by atoms with Gasteiger partial charge in [0.2, 0.25) is 0 Å². The second kappa shape index (κ2) is 5.71. The number of carbonyl (C=O) groups is 1. The number of benzene rings is 1. The number of carbonyl (C=O) groups excluding carboxylic acids is 1. The van der Waals surface area contributed by atoms with Crippen LogP contribution in [0.1, 0.15) is 22.8 Å². The van der Waals surface area contributed by atoms with Crippen LogP contribution in [0, 0.1) is 0 Å². The lowest BCUT2D eigenvalue weighted by atomic mass is 10.1. The van der Waals surface area contributed by atoms with Crippen LogP contribution in [-0.2, 0) is 6.42 Å². The molecule has 0 unspecified atom stereocenters. The number of amides is 1. The molecule has 4 nitrogen and oxygen atoms in total. The SMILES string of the molecule is CCc1ccccc1Nc1cc(Cl)ncc1C(N)=O. The summed E-state index contributed by atoms with van der Waals surface area (Å²) >= 11 is 5.86. The monoisotopic (exact) mass is 275 g/mol. The topological polar surface area (TPSA) is 68.0 Å². The number of aryl methyl sites for hydroxylation is 1. The fraction of sp³-hybridized carbons (Fsp3) is 0.143. The van der Waals surface area contributed by atoms with E-state index in [2.05, 4.69) is 17.2 Å². The van der Waals surface area contributed by atoms with Gasteiger partial charge in [-0.1, -0.05) is 36.7 Å². The molecule has 0 saturated heterocycles. The van der Waals surface area contributed by atoms with Gasteiger partial charge in [0.25, 0.3) is 5.91 Å². The number of primary amides is 1. The zero-order valence-corrected chi connectivity index (χ0v) is 11.2. The van der Waals surface area contributed by atoms with Gasteiger partial charge in [-0.05, 0) is 24.1 Å². The summed E-state index contributed by atoms with van der Waals surface area (Å²) in [5.41, 5.74) is 8.28. The molecule has 3 N–H and O–H groups in total. The third kappa shape index (κ3) is 3.03. The molecule has 98 valence electrons. The molecule has 0 saturated carbocycles. The quantitative estimate of drug-likeness (QED) is 0.842. The number of nitrogens with one attached hydrogen (secondary N) is 1. The molecule has 0 aliphatic rings. The standard InChI is InChI=1S/C14H14ClN3O/c1-2-9-5-3-4-6-11(9)18-12-7-13(15)17-8-10(12)14(16)19/h3-8H,2H2,1H3,(H2,16,19)(H,17,18). The molecule has 1 aromatic heterocycles. The van der Waals surface area contributed by atoms with Crippen molar-refractivity contribution < 1.29 is 4.79 Å². The van der Waals surface area contributed by atoms with Gasteiger partial charge >= 0.3 is 0 Å². The van der Waals surface area contributed by atoms with Gasteiger partial charge < -0.3 is 11.1 Å². The van der Waals surface area contributed by atoms with Crippen molar-refractivity contribution in [3.8, 4) is 0 Å². The van der Waals surface area contributed by atoms with Crippen molar-refractivity contribution in [1.29, 1.82) is 0 Å². The van der Waals surface area contributed by atoms with E-state index in [4.69, 9.17) is 17.3 Å². The summed E-state index contributed by atoms with van der Waals surface area (Å²) in [6, 6.07) is 9.45. The molecule has 1 heterocycles. The van der Waals surface area contributed by atoms with E-state index in [9.17, 15) is 4.79 Å². The van der Waals surface area contributed by atoms with E-state index in [1.807, 2.05) is 24.3 Å². The van der Waals surface area contributed by atoms with Crippen LogP contribution in [0.25, 0.3) is 0 Å². The first-order valence-electron chi connectivity index (χ1n) is 5.92. The van der Waals surface area contributed by atoms with Crippen molar-refractivity contribution in [2.24, 2.45) is 5.73 Å². The molecule has 2 aromatic rings. The van der Waals surface area contributed by atoms with Crippen molar-refractivity contribution in [3.05, 3.63) is 52.8 Å². The predicted octanol–water partition coefficient (Wildman–Crippen LogP) is 3.14.